The number of carbonyl (C=O) groups is 1. The van der Waals surface area contributed by atoms with Gasteiger partial charge in [0.2, 0.25) is 5.91 Å². The van der Waals surface area contributed by atoms with Crippen molar-refractivity contribution in [1.29, 1.82) is 0 Å². The molecule has 4 aromatic rings. The molecule has 5 heterocycles. The lowest BCUT2D eigenvalue weighted by atomic mass is 9.95. The molecule has 9 nitrogen and oxygen atoms in total. The molecule has 1 N–H and O–H groups in total. The summed E-state index contributed by atoms with van der Waals surface area (Å²) in [6.07, 6.45) is 3.67. The minimum absolute atomic E-state index is 0.167. The van der Waals surface area contributed by atoms with E-state index in [-0.39, 0.29) is 23.9 Å². The van der Waals surface area contributed by atoms with Gasteiger partial charge in [-0.1, -0.05) is 13.8 Å². The number of aryl methyl sites for hydroxylation is 1. The van der Waals surface area contributed by atoms with Crippen LogP contribution in [0.2, 0.25) is 0 Å². The summed E-state index contributed by atoms with van der Waals surface area (Å²) in [5.74, 6) is 1.41. The number of fused-ring (bicyclic) bond motifs is 2. The minimum Gasteiger partial charge on any atom is -0.353 e. The monoisotopic (exact) mass is 502 g/mol. The predicted molar refractivity (Wildman–Crippen MR) is 148 cm³/mol. The number of aromatic nitrogens is 5. The van der Waals surface area contributed by atoms with Crippen LogP contribution in [0.25, 0.3) is 27.9 Å². The van der Waals surface area contributed by atoms with Gasteiger partial charge in [-0.05, 0) is 71.0 Å². The number of hydrogen-bond acceptors (Lipinski definition) is 6. The molecule has 196 valence electrons. The van der Waals surface area contributed by atoms with Crippen molar-refractivity contribution >= 4 is 28.4 Å². The summed E-state index contributed by atoms with van der Waals surface area (Å²) in [6, 6.07) is 4.59. The van der Waals surface area contributed by atoms with Gasteiger partial charge in [0.1, 0.15) is 12.1 Å². The Hall–Kier alpha value is -3.46. The maximum absolute atomic E-state index is 12.7. The Morgan fingerprint density at radius 1 is 1.14 bits per heavy atom. The Morgan fingerprint density at radius 3 is 2.49 bits per heavy atom. The highest BCUT2D eigenvalue weighted by molar-refractivity contribution is 5.90. The lowest BCUT2D eigenvalue weighted by molar-refractivity contribution is -0.133. The summed E-state index contributed by atoms with van der Waals surface area (Å²) in [5, 5.41) is 4.40. The Labute approximate surface area is 218 Å². The van der Waals surface area contributed by atoms with Crippen LogP contribution in [0.5, 0.6) is 0 Å². The Bertz CT molecular complexity index is 1450. The molecule has 1 saturated heterocycles. The Morgan fingerprint density at radius 2 is 1.84 bits per heavy atom. The van der Waals surface area contributed by atoms with E-state index in [9.17, 15) is 4.79 Å². The number of aromatic amines is 1. The zero-order chi connectivity index (χ0) is 26.6. The van der Waals surface area contributed by atoms with E-state index >= 15 is 0 Å². The van der Waals surface area contributed by atoms with E-state index < -0.39 is 0 Å². The molecule has 4 aromatic heterocycles. The molecule has 0 saturated carbocycles. The van der Waals surface area contributed by atoms with E-state index in [2.05, 4.69) is 79.8 Å². The number of anilines is 1. The normalized spacial score (nSPS) is 18.6. The molecule has 0 radical (unpaired) electrons. The van der Waals surface area contributed by atoms with Crippen molar-refractivity contribution in [3.05, 3.63) is 41.3 Å². The quantitative estimate of drug-likeness (QED) is 0.444. The van der Waals surface area contributed by atoms with Crippen molar-refractivity contribution in [2.45, 2.75) is 59.5 Å². The molecule has 1 aliphatic rings. The van der Waals surface area contributed by atoms with Crippen LogP contribution in [-0.4, -0.2) is 86.1 Å². The van der Waals surface area contributed by atoms with Crippen molar-refractivity contribution in [2.24, 2.45) is 0 Å². The second kappa shape index (κ2) is 9.45. The minimum atomic E-state index is 0.167. The zero-order valence-electron chi connectivity index (χ0n) is 23.2. The second-order valence-corrected chi connectivity index (χ2v) is 11.1. The van der Waals surface area contributed by atoms with Crippen LogP contribution >= 0.6 is 0 Å². The van der Waals surface area contributed by atoms with Gasteiger partial charge in [0, 0.05) is 42.5 Å². The van der Waals surface area contributed by atoms with Crippen molar-refractivity contribution in [3.63, 3.8) is 0 Å². The third kappa shape index (κ3) is 4.35. The standard InChI is InChI=1S/C28H38N8O/c1-16(2)25-26(21-13-35-28(29-15-30-35)20(6)19(21)5)31-22-9-10-23(32-27(22)25)36-17(3)11-34(12-18(36)4)24(37)14-33(7)8/h9-10,13,15-18,31H,11-12,14H2,1-8H3/t17-,18-/m1/s1. The number of piperazine rings is 1. The predicted octanol–water partition coefficient (Wildman–Crippen LogP) is 4.00. The lowest BCUT2D eigenvalue weighted by Gasteiger charge is -2.45. The van der Waals surface area contributed by atoms with E-state index in [0.29, 0.717) is 19.6 Å². The smallest absolute Gasteiger partial charge is 0.236 e. The van der Waals surface area contributed by atoms with Crippen LogP contribution in [0.1, 0.15) is 50.3 Å². The molecule has 1 amide bonds. The molecule has 0 unspecified atom stereocenters. The average Bonchev–Trinajstić information content (AvgIpc) is 3.44. The van der Waals surface area contributed by atoms with Crippen LogP contribution in [-0.2, 0) is 4.79 Å². The van der Waals surface area contributed by atoms with E-state index in [4.69, 9.17) is 4.98 Å². The van der Waals surface area contributed by atoms with Crippen LogP contribution in [0.3, 0.4) is 0 Å². The van der Waals surface area contributed by atoms with Gasteiger partial charge in [0.05, 0.1) is 23.3 Å². The molecular formula is C28H38N8O. The molecule has 1 fully saturated rings. The summed E-state index contributed by atoms with van der Waals surface area (Å²) in [7, 11) is 3.87. The number of pyridine rings is 2. The van der Waals surface area contributed by atoms with Gasteiger partial charge in [-0.2, -0.15) is 5.10 Å². The van der Waals surface area contributed by atoms with Gasteiger partial charge in [0.15, 0.2) is 5.65 Å². The van der Waals surface area contributed by atoms with Gasteiger partial charge in [-0.25, -0.2) is 14.5 Å². The largest absolute Gasteiger partial charge is 0.353 e. The first kappa shape index (κ1) is 25.2. The highest BCUT2D eigenvalue weighted by Crippen LogP contribution is 2.38. The number of likely N-dealkylation sites (N-methyl/N-ethyl adjacent to an activating group) is 1. The maximum atomic E-state index is 12.7. The van der Waals surface area contributed by atoms with Gasteiger partial charge in [-0.15, -0.1) is 0 Å². The Kier molecular flexibility index (Phi) is 6.43. The molecule has 0 aliphatic carbocycles. The fourth-order valence-electron chi connectivity index (χ4n) is 5.80. The molecule has 0 bridgehead atoms. The van der Waals surface area contributed by atoms with Crippen molar-refractivity contribution in [3.8, 4) is 11.3 Å². The van der Waals surface area contributed by atoms with E-state index in [1.54, 1.807) is 6.33 Å². The molecule has 0 aromatic carbocycles. The number of hydrogen-bond donors (Lipinski definition) is 1. The number of amides is 1. The van der Waals surface area contributed by atoms with Crippen molar-refractivity contribution in [1.82, 2.24) is 34.4 Å². The van der Waals surface area contributed by atoms with Gasteiger partial charge in [-0.3, -0.25) is 4.79 Å². The number of H-pyrrole nitrogens is 1. The third-order valence-electron chi connectivity index (χ3n) is 7.63. The van der Waals surface area contributed by atoms with Crippen molar-refractivity contribution in [2.75, 3.05) is 38.6 Å². The summed E-state index contributed by atoms with van der Waals surface area (Å²) in [5.41, 5.74) is 8.65. The van der Waals surface area contributed by atoms with Crippen LogP contribution in [0.4, 0.5) is 5.82 Å². The van der Waals surface area contributed by atoms with Gasteiger partial charge in [0.25, 0.3) is 0 Å². The number of nitrogens with one attached hydrogen (secondary N) is 1. The SMILES string of the molecule is Cc1c(-c2[nH]c3ccc(N4[C@H](C)CN(C(=O)CN(C)C)C[C@H]4C)nc3c2C(C)C)cn2ncnc2c1C. The van der Waals surface area contributed by atoms with E-state index in [0.717, 1.165) is 39.3 Å². The van der Waals surface area contributed by atoms with E-state index in [1.165, 1.54) is 11.1 Å². The topological polar surface area (TPSA) is 85.7 Å². The molecule has 2 atom stereocenters. The van der Waals surface area contributed by atoms with Gasteiger partial charge >= 0.3 is 0 Å². The van der Waals surface area contributed by atoms with Crippen LogP contribution in [0, 0.1) is 13.8 Å². The number of carbonyl (C=O) groups excluding carboxylic acids is 1. The second-order valence-electron chi connectivity index (χ2n) is 11.1. The molecule has 37 heavy (non-hydrogen) atoms. The zero-order valence-corrected chi connectivity index (χ0v) is 23.2. The average molecular weight is 503 g/mol. The van der Waals surface area contributed by atoms with Crippen LogP contribution < -0.4 is 4.90 Å². The highest BCUT2D eigenvalue weighted by atomic mass is 16.2. The number of nitrogens with zero attached hydrogens (tertiary/aromatic N) is 7. The highest BCUT2D eigenvalue weighted by Gasteiger charge is 2.33. The number of rotatable bonds is 5. The van der Waals surface area contributed by atoms with Crippen molar-refractivity contribution < 1.29 is 4.79 Å². The summed E-state index contributed by atoms with van der Waals surface area (Å²) < 4.78 is 1.85. The molecular weight excluding hydrogens is 464 g/mol. The fourth-order valence-corrected chi connectivity index (χ4v) is 5.80. The summed E-state index contributed by atoms with van der Waals surface area (Å²) in [4.78, 5) is 32.4. The first-order valence-corrected chi connectivity index (χ1v) is 13.1. The maximum Gasteiger partial charge on any atom is 0.236 e. The lowest BCUT2D eigenvalue weighted by Crippen LogP contribution is -2.59. The third-order valence-corrected chi connectivity index (χ3v) is 7.63. The first-order valence-electron chi connectivity index (χ1n) is 13.1. The van der Waals surface area contributed by atoms with Gasteiger partial charge < -0.3 is 19.7 Å². The Balaban J connectivity index is 1.55. The molecule has 1 aliphatic heterocycles. The molecule has 9 heteroatoms. The summed E-state index contributed by atoms with van der Waals surface area (Å²) in [6.45, 7) is 14.9. The van der Waals surface area contributed by atoms with Crippen LogP contribution in [0.15, 0.2) is 24.7 Å². The fraction of sp³-hybridized carbons (Fsp3) is 0.500. The van der Waals surface area contributed by atoms with E-state index in [1.807, 2.05) is 28.4 Å². The summed E-state index contributed by atoms with van der Waals surface area (Å²) >= 11 is 0. The first-order chi connectivity index (χ1) is 17.6. The molecule has 0 spiro atoms. The molecule has 5 rings (SSSR count).